The van der Waals surface area contributed by atoms with Crippen molar-refractivity contribution < 1.29 is 0 Å². The van der Waals surface area contributed by atoms with E-state index in [4.69, 9.17) is 10.4 Å². The molecule has 1 aromatic carbocycles. The summed E-state index contributed by atoms with van der Waals surface area (Å²) in [7, 11) is 0. The first-order valence-electron chi connectivity index (χ1n) is 10.7. The van der Waals surface area contributed by atoms with E-state index in [-0.39, 0.29) is 0 Å². The highest BCUT2D eigenvalue weighted by Crippen LogP contribution is 2.33. The molecule has 4 nitrogen and oxygen atoms in total. The maximum atomic E-state index is 7.55. The SMILES string of the molecule is C/C=C(\C=N)c1ccc2scc(-c3cnn(Cc4ccccc4)c3)c2n1.CCC(C)C. The third kappa shape index (κ3) is 5.76. The predicted octanol–water partition coefficient (Wildman–Crippen LogP) is 7.31. The molecule has 0 amide bonds. The number of nitrogens with one attached hydrogen (secondary N) is 1. The lowest BCUT2D eigenvalue weighted by Crippen LogP contribution is -1.99. The number of hydrogen-bond acceptors (Lipinski definition) is 4. The fraction of sp³-hybridized carbons (Fsp3) is 0.269. The van der Waals surface area contributed by atoms with Crippen LogP contribution in [0.2, 0.25) is 0 Å². The van der Waals surface area contributed by atoms with Crippen molar-refractivity contribution in [3.63, 3.8) is 0 Å². The highest BCUT2D eigenvalue weighted by molar-refractivity contribution is 7.17. The van der Waals surface area contributed by atoms with Gasteiger partial charge in [-0.05, 0) is 30.5 Å². The molecule has 0 atom stereocenters. The molecule has 0 bridgehead atoms. The summed E-state index contributed by atoms with van der Waals surface area (Å²) in [6.45, 7) is 9.32. The summed E-state index contributed by atoms with van der Waals surface area (Å²) in [6, 6.07) is 14.4. The Morgan fingerprint density at radius 3 is 2.55 bits per heavy atom. The molecule has 0 aliphatic carbocycles. The lowest BCUT2D eigenvalue weighted by molar-refractivity contribution is 0.626. The molecule has 0 saturated carbocycles. The molecule has 0 radical (unpaired) electrons. The van der Waals surface area contributed by atoms with Crippen LogP contribution in [0, 0.1) is 11.3 Å². The van der Waals surface area contributed by atoms with Crippen molar-refractivity contribution >= 4 is 33.3 Å². The van der Waals surface area contributed by atoms with Crippen LogP contribution in [0.4, 0.5) is 0 Å². The van der Waals surface area contributed by atoms with Crippen LogP contribution < -0.4 is 0 Å². The summed E-state index contributed by atoms with van der Waals surface area (Å²) >= 11 is 1.68. The van der Waals surface area contributed by atoms with Gasteiger partial charge in [0, 0.05) is 34.5 Å². The Bertz CT molecular complexity index is 1150. The van der Waals surface area contributed by atoms with Gasteiger partial charge in [0.05, 0.1) is 28.7 Å². The van der Waals surface area contributed by atoms with Gasteiger partial charge in [-0.2, -0.15) is 5.10 Å². The van der Waals surface area contributed by atoms with Crippen LogP contribution in [0.1, 0.15) is 45.4 Å². The second-order valence-corrected chi connectivity index (χ2v) is 8.71. The van der Waals surface area contributed by atoms with E-state index < -0.39 is 0 Å². The molecule has 0 aliphatic heterocycles. The molecule has 0 spiro atoms. The monoisotopic (exact) mass is 430 g/mol. The predicted molar refractivity (Wildman–Crippen MR) is 134 cm³/mol. The number of thiophene rings is 1. The Labute approximate surface area is 188 Å². The van der Waals surface area contributed by atoms with Gasteiger partial charge in [-0.3, -0.25) is 4.68 Å². The summed E-state index contributed by atoms with van der Waals surface area (Å²) in [5.74, 6) is 0.884. The number of hydrogen-bond donors (Lipinski definition) is 1. The maximum absolute atomic E-state index is 7.55. The summed E-state index contributed by atoms with van der Waals surface area (Å²) in [5, 5.41) is 14.2. The second kappa shape index (κ2) is 10.8. The number of allylic oxidation sites excluding steroid dienone is 2. The molecule has 1 N–H and O–H groups in total. The number of pyridine rings is 1. The molecular formula is C26H30N4S. The minimum Gasteiger partial charge on any atom is -0.308 e. The summed E-state index contributed by atoms with van der Waals surface area (Å²) in [4.78, 5) is 4.80. The minimum atomic E-state index is 0.748. The summed E-state index contributed by atoms with van der Waals surface area (Å²) in [5.41, 5.74) is 5.99. The van der Waals surface area contributed by atoms with Crippen LogP contribution in [0.25, 0.3) is 26.9 Å². The topological polar surface area (TPSA) is 54.6 Å². The molecule has 160 valence electrons. The Kier molecular flexibility index (Phi) is 7.90. The number of rotatable bonds is 6. The van der Waals surface area contributed by atoms with Gasteiger partial charge in [0.1, 0.15) is 0 Å². The van der Waals surface area contributed by atoms with Crippen LogP contribution >= 0.6 is 11.3 Å². The average Bonchev–Trinajstić information content (AvgIpc) is 3.42. The van der Waals surface area contributed by atoms with E-state index in [0.717, 1.165) is 45.1 Å². The zero-order valence-corrected chi connectivity index (χ0v) is 19.5. The zero-order chi connectivity index (χ0) is 22.2. The normalized spacial score (nSPS) is 11.5. The van der Waals surface area contributed by atoms with E-state index in [2.05, 4.69) is 55.6 Å². The van der Waals surface area contributed by atoms with Gasteiger partial charge < -0.3 is 5.41 Å². The fourth-order valence-electron chi connectivity index (χ4n) is 2.94. The van der Waals surface area contributed by atoms with Crippen molar-refractivity contribution in [2.45, 2.75) is 40.7 Å². The molecule has 5 heteroatoms. The third-order valence-electron chi connectivity index (χ3n) is 5.13. The van der Waals surface area contributed by atoms with Crippen molar-refractivity contribution in [2.75, 3.05) is 0 Å². The van der Waals surface area contributed by atoms with Crippen molar-refractivity contribution in [2.24, 2.45) is 5.92 Å². The average molecular weight is 431 g/mol. The van der Waals surface area contributed by atoms with E-state index >= 15 is 0 Å². The van der Waals surface area contributed by atoms with Crippen LogP contribution in [-0.2, 0) is 6.54 Å². The number of fused-ring (bicyclic) bond motifs is 1. The zero-order valence-electron chi connectivity index (χ0n) is 18.7. The van der Waals surface area contributed by atoms with E-state index in [9.17, 15) is 0 Å². The molecule has 3 heterocycles. The lowest BCUT2D eigenvalue weighted by atomic mass is 10.1. The highest BCUT2D eigenvalue weighted by atomic mass is 32.1. The van der Waals surface area contributed by atoms with E-state index in [0.29, 0.717) is 0 Å². The first-order valence-corrected chi connectivity index (χ1v) is 11.6. The molecular weight excluding hydrogens is 400 g/mol. The standard InChI is InChI=1S/C21H18N4S.C5H12/c1-2-16(10-22)19-8-9-20-21(24-19)18(14-26-20)17-11-23-25(13-17)12-15-6-4-3-5-7-15;1-4-5(2)3/h2-11,13-14,22H,12H2,1H3;5H,4H2,1-3H3/b16-2+,22-10?;. The number of benzene rings is 1. The minimum absolute atomic E-state index is 0.748. The molecule has 0 fully saturated rings. The number of nitrogens with zero attached hydrogens (tertiary/aromatic N) is 3. The second-order valence-electron chi connectivity index (χ2n) is 7.80. The third-order valence-corrected chi connectivity index (χ3v) is 6.06. The summed E-state index contributed by atoms with van der Waals surface area (Å²) < 4.78 is 3.09. The lowest BCUT2D eigenvalue weighted by Gasteiger charge is -2.02. The van der Waals surface area contributed by atoms with Crippen molar-refractivity contribution in [3.8, 4) is 11.1 Å². The molecule has 3 aromatic heterocycles. The molecule has 0 unspecified atom stereocenters. The van der Waals surface area contributed by atoms with Gasteiger partial charge in [0.15, 0.2) is 0 Å². The van der Waals surface area contributed by atoms with Gasteiger partial charge in [0.25, 0.3) is 0 Å². The Hall–Kier alpha value is -3.05. The van der Waals surface area contributed by atoms with Crippen molar-refractivity contribution in [1.29, 1.82) is 5.41 Å². The highest BCUT2D eigenvalue weighted by Gasteiger charge is 2.12. The summed E-state index contributed by atoms with van der Waals surface area (Å²) in [6.07, 6.45) is 8.52. The van der Waals surface area contributed by atoms with Crippen molar-refractivity contribution in [3.05, 3.63) is 77.6 Å². The maximum Gasteiger partial charge on any atom is 0.0896 e. The Balaban J connectivity index is 0.000000491. The van der Waals surface area contributed by atoms with Crippen LogP contribution in [0.3, 0.4) is 0 Å². The quantitative estimate of drug-likeness (QED) is 0.326. The van der Waals surface area contributed by atoms with Gasteiger partial charge in [-0.25, -0.2) is 4.98 Å². The Morgan fingerprint density at radius 1 is 1.16 bits per heavy atom. The van der Waals surface area contributed by atoms with Crippen LogP contribution in [0.15, 0.2) is 66.3 Å². The van der Waals surface area contributed by atoms with Gasteiger partial charge in [-0.15, -0.1) is 11.3 Å². The molecule has 31 heavy (non-hydrogen) atoms. The van der Waals surface area contributed by atoms with E-state index in [1.807, 2.05) is 48.1 Å². The largest absolute Gasteiger partial charge is 0.308 e. The van der Waals surface area contributed by atoms with Crippen molar-refractivity contribution in [1.82, 2.24) is 14.8 Å². The smallest absolute Gasteiger partial charge is 0.0896 e. The Morgan fingerprint density at radius 2 is 1.90 bits per heavy atom. The first kappa shape index (κ1) is 22.6. The van der Waals surface area contributed by atoms with E-state index in [1.54, 1.807) is 11.3 Å². The molecule has 4 rings (SSSR count). The number of aromatic nitrogens is 3. The molecule has 0 saturated heterocycles. The molecule has 4 aromatic rings. The first-order chi connectivity index (χ1) is 15.0. The molecule has 0 aliphatic rings. The van der Waals surface area contributed by atoms with Crippen LogP contribution in [-0.4, -0.2) is 21.0 Å². The van der Waals surface area contributed by atoms with Gasteiger partial charge in [0.2, 0.25) is 0 Å². The van der Waals surface area contributed by atoms with Gasteiger partial charge >= 0.3 is 0 Å². The van der Waals surface area contributed by atoms with Crippen LogP contribution in [0.5, 0.6) is 0 Å². The van der Waals surface area contributed by atoms with E-state index in [1.165, 1.54) is 18.2 Å². The fourth-order valence-corrected chi connectivity index (χ4v) is 3.85. The van der Waals surface area contributed by atoms with Gasteiger partial charge in [-0.1, -0.05) is 63.6 Å².